The molecule has 5 heteroatoms. The molecule has 0 saturated heterocycles. The lowest BCUT2D eigenvalue weighted by Crippen LogP contribution is -2.30. The van der Waals surface area contributed by atoms with Crippen LogP contribution in [-0.2, 0) is 0 Å². The van der Waals surface area contributed by atoms with Crippen molar-refractivity contribution in [3.8, 4) is 17.2 Å². The zero-order chi connectivity index (χ0) is 17.3. The lowest BCUT2D eigenvalue weighted by molar-refractivity contribution is 0.0772. The second-order valence-electron chi connectivity index (χ2n) is 5.93. The highest BCUT2D eigenvalue weighted by Crippen LogP contribution is 2.33. The topological polar surface area (TPSA) is 43.7 Å². The Hall–Kier alpha value is -2.43. The van der Waals surface area contributed by atoms with Crippen molar-refractivity contribution in [3.63, 3.8) is 0 Å². The number of aromatic nitrogens is 1. The van der Waals surface area contributed by atoms with Crippen molar-refractivity contribution in [3.05, 3.63) is 41.2 Å². The Bertz CT molecular complexity index is 760. The van der Waals surface area contributed by atoms with E-state index in [0.717, 1.165) is 34.1 Å². The summed E-state index contributed by atoms with van der Waals surface area (Å²) in [4.78, 5) is 14.6. The van der Waals surface area contributed by atoms with Gasteiger partial charge >= 0.3 is 0 Å². The van der Waals surface area contributed by atoms with Gasteiger partial charge < -0.3 is 18.9 Å². The van der Waals surface area contributed by atoms with Crippen LogP contribution in [0.25, 0.3) is 5.69 Å². The number of nitrogens with zero attached hydrogens (tertiary/aromatic N) is 2. The largest absolute Gasteiger partial charge is 0.486 e. The number of amides is 1. The van der Waals surface area contributed by atoms with E-state index in [-0.39, 0.29) is 5.91 Å². The lowest BCUT2D eigenvalue weighted by Gasteiger charge is -2.20. The minimum absolute atomic E-state index is 0.0805. The van der Waals surface area contributed by atoms with Crippen molar-refractivity contribution in [2.45, 2.75) is 27.7 Å². The van der Waals surface area contributed by atoms with E-state index in [0.29, 0.717) is 26.3 Å². The Balaban J connectivity index is 2.02. The quantitative estimate of drug-likeness (QED) is 0.864. The highest BCUT2D eigenvalue weighted by Gasteiger charge is 2.21. The first-order chi connectivity index (χ1) is 11.6. The van der Waals surface area contributed by atoms with Crippen molar-refractivity contribution < 1.29 is 14.3 Å². The number of hydrogen-bond donors (Lipinski definition) is 0. The second-order valence-corrected chi connectivity index (χ2v) is 5.93. The first-order valence-corrected chi connectivity index (χ1v) is 8.45. The molecule has 0 spiro atoms. The molecule has 2 heterocycles. The van der Waals surface area contributed by atoms with Gasteiger partial charge in [0.25, 0.3) is 5.91 Å². The van der Waals surface area contributed by atoms with Crippen molar-refractivity contribution in [2.75, 3.05) is 26.3 Å². The van der Waals surface area contributed by atoms with Crippen LogP contribution >= 0.6 is 0 Å². The maximum atomic E-state index is 12.7. The number of hydrogen-bond acceptors (Lipinski definition) is 3. The van der Waals surface area contributed by atoms with Crippen molar-refractivity contribution in [1.29, 1.82) is 0 Å². The smallest absolute Gasteiger partial charge is 0.255 e. The monoisotopic (exact) mass is 328 g/mol. The molecule has 1 aliphatic heterocycles. The normalized spacial score (nSPS) is 13.0. The molecule has 1 aromatic heterocycles. The summed E-state index contributed by atoms with van der Waals surface area (Å²) >= 11 is 0. The number of ether oxygens (including phenoxy) is 2. The number of rotatable bonds is 4. The van der Waals surface area contributed by atoms with Crippen molar-refractivity contribution in [2.24, 2.45) is 0 Å². The highest BCUT2D eigenvalue weighted by atomic mass is 16.6. The summed E-state index contributed by atoms with van der Waals surface area (Å²) in [7, 11) is 0. The van der Waals surface area contributed by atoms with Gasteiger partial charge in [-0.1, -0.05) is 0 Å². The summed E-state index contributed by atoms with van der Waals surface area (Å²) < 4.78 is 13.4. The first kappa shape index (κ1) is 16.4. The zero-order valence-electron chi connectivity index (χ0n) is 14.8. The summed E-state index contributed by atoms with van der Waals surface area (Å²) in [5.74, 6) is 1.60. The third-order valence-electron chi connectivity index (χ3n) is 4.50. The number of fused-ring (bicyclic) bond motifs is 1. The minimum Gasteiger partial charge on any atom is -0.486 e. The molecule has 1 amide bonds. The molecular weight excluding hydrogens is 304 g/mol. The maximum Gasteiger partial charge on any atom is 0.255 e. The van der Waals surface area contributed by atoms with Crippen LogP contribution in [0.1, 0.15) is 35.6 Å². The van der Waals surface area contributed by atoms with E-state index in [1.165, 1.54) is 0 Å². The minimum atomic E-state index is 0.0805. The van der Waals surface area contributed by atoms with E-state index in [9.17, 15) is 4.79 Å². The standard InChI is InChI=1S/C19H24N2O3/c1-5-20(6-2)19(22)16-11-13(3)21(14(16)4)15-7-8-17-18(12-15)24-10-9-23-17/h7-8,11-12H,5-6,9-10H2,1-4H3. The van der Waals surface area contributed by atoms with E-state index in [1.54, 1.807) is 0 Å². The van der Waals surface area contributed by atoms with Gasteiger partial charge in [0, 0.05) is 36.2 Å². The molecule has 2 aromatic rings. The van der Waals surface area contributed by atoms with E-state index in [4.69, 9.17) is 9.47 Å². The molecule has 1 aliphatic rings. The molecule has 3 rings (SSSR count). The third kappa shape index (κ3) is 2.75. The van der Waals surface area contributed by atoms with Gasteiger partial charge in [0.2, 0.25) is 0 Å². The van der Waals surface area contributed by atoms with Crippen LogP contribution in [0, 0.1) is 13.8 Å². The average molecular weight is 328 g/mol. The molecule has 1 aromatic carbocycles. The van der Waals surface area contributed by atoms with Gasteiger partial charge in [-0.25, -0.2) is 0 Å². The van der Waals surface area contributed by atoms with Crippen LogP contribution in [0.2, 0.25) is 0 Å². The van der Waals surface area contributed by atoms with Gasteiger partial charge in [-0.2, -0.15) is 0 Å². The van der Waals surface area contributed by atoms with Gasteiger partial charge in [0.15, 0.2) is 11.5 Å². The summed E-state index contributed by atoms with van der Waals surface area (Å²) in [6, 6.07) is 7.86. The fraction of sp³-hybridized carbons (Fsp3) is 0.421. The Kier molecular flexibility index (Phi) is 4.51. The molecule has 0 atom stereocenters. The predicted molar refractivity (Wildman–Crippen MR) is 93.5 cm³/mol. The molecule has 0 saturated carbocycles. The fourth-order valence-electron chi connectivity index (χ4n) is 3.23. The summed E-state index contributed by atoms with van der Waals surface area (Å²) in [5.41, 5.74) is 3.71. The Morgan fingerprint density at radius 1 is 1.08 bits per heavy atom. The Morgan fingerprint density at radius 2 is 1.75 bits per heavy atom. The molecule has 128 valence electrons. The van der Waals surface area contributed by atoms with E-state index in [2.05, 4.69) is 4.57 Å². The third-order valence-corrected chi connectivity index (χ3v) is 4.50. The van der Waals surface area contributed by atoms with Gasteiger partial charge in [-0.05, 0) is 45.9 Å². The summed E-state index contributed by atoms with van der Waals surface area (Å²) in [6.07, 6.45) is 0. The van der Waals surface area contributed by atoms with Gasteiger partial charge in [0.1, 0.15) is 13.2 Å². The first-order valence-electron chi connectivity index (χ1n) is 8.45. The molecule has 0 N–H and O–H groups in total. The van der Waals surface area contributed by atoms with Gasteiger partial charge in [0.05, 0.1) is 5.56 Å². The van der Waals surface area contributed by atoms with Gasteiger partial charge in [-0.3, -0.25) is 4.79 Å². The number of carbonyl (C=O) groups is 1. The molecule has 24 heavy (non-hydrogen) atoms. The molecule has 0 aliphatic carbocycles. The maximum absolute atomic E-state index is 12.7. The molecule has 0 radical (unpaired) electrons. The second kappa shape index (κ2) is 6.59. The number of benzene rings is 1. The Labute approximate surface area is 142 Å². The van der Waals surface area contributed by atoms with Crippen LogP contribution in [-0.4, -0.2) is 41.7 Å². The molecule has 0 fully saturated rings. The molecule has 5 nitrogen and oxygen atoms in total. The van der Waals surface area contributed by atoms with Crippen molar-refractivity contribution >= 4 is 5.91 Å². The number of aryl methyl sites for hydroxylation is 1. The molecule has 0 unspecified atom stereocenters. The fourth-order valence-corrected chi connectivity index (χ4v) is 3.23. The van der Waals surface area contributed by atoms with E-state index >= 15 is 0 Å². The van der Waals surface area contributed by atoms with Crippen LogP contribution < -0.4 is 9.47 Å². The summed E-state index contributed by atoms with van der Waals surface area (Å²) in [6.45, 7) is 10.6. The van der Waals surface area contributed by atoms with E-state index < -0.39 is 0 Å². The van der Waals surface area contributed by atoms with Crippen LogP contribution in [0.4, 0.5) is 0 Å². The van der Waals surface area contributed by atoms with Crippen molar-refractivity contribution in [1.82, 2.24) is 9.47 Å². The summed E-state index contributed by atoms with van der Waals surface area (Å²) in [5, 5.41) is 0. The Morgan fingerprint density at radius 3 is 2.42 bits per heavy atom. The highest BCUT2D eigenvalue weighted by molar-refractivity contribution is 5.96. The van der Waals surface area contributed by atoms with Gasteiger partial charge in [-0.15, -0.1) is 0 Å². The van der Waals surface area contributed by atoms with E-state index in [1.807, 2.05) is 56.9 Å². The number of carbonyl (C=O) groups excluding carboxylic acids is 1. The van der Waals surface area contributed by atoms with Crippen LogP contribution in [0.15, 0.2) is 24.3 Å². The predicted octanol–water partition coefficient (Wildman–Crippen LogP) is 3.35. The SMILES string of the molecule is CCN(CC)C(=O)c1cc(C)n(-c2ccc3c(c2)OCCO3)c1C. The molecule has 0 bridgehead atoms. The van der Waals surface area contributed by atoms with Crippen LogP contribution in [0.5, 0.6) is 11.5 Å². The van der Waals surface area contributed by atoms with Crippen LogP contribution in [0.3, 0.4) is 0 Å². The average Bonchev–Trinajstić information content (AvgIpc) is 2.90. The zero-order valence-corrected chi connectivity index (χ0v) is 14.8. The molecular formula is C19H24N2O3. The lowest BCUT2D eigenvalue weighted by atomic mass is 10.2.